The Morgan fingerprint density at radius 1 is 0.824 bits per heavy atom. The van der Waals surface area contributed by atoms with Gasteiger partial charge >= 0.3 is 0 Å². The predicted molar refractivity (Wildman–Crippen MR) is 63.7 cm³/mol. The monoisotopic (exact) mass is 232 g/mol. The third kappa shape index (κ3) is 2.52. The van der Waals surface area contributed by atoms with Gasteiger partial charge in [0.1, 0.15) is 5.82 Å². The van der Waals surface area contributed by atoms with Gasteiger partial charge in [-0.15, -0.1) is 0 Å². The molecule has 2 nitrogen and oxygen atoms in total. The molecule has 0 atom stereocenters. The summed E-state index contributed by atoms with van der Waals surface area (Å²) in [7, 11) is 0. The highest BCUT2D eigenvalue weighted by molar-refractivity contribution is 5.64. The van der Waals surface area contributed by atoms with Crippen molar-refractivity contribution in [3.05, 3.63) is 59.4 Å². The molecule has 0 spiro atoms. The van der Waals surface area contributed by atoms with E-state index in [1.54, 1.807) is 36.4 Å². The van der Waals surface area contributed by atoms with Crippen molar-refractivity contribution < 1.29 is 14.6 Å². The third-order valence-electron chi connectivity index (χ3n) is 2.66. The first-order valence-electron chi connectivity index (χ1n) is 5.34. The Bertz CT molecular complexity index is 506. The Morgan fingerprint density at radius 2 is 1.41 bits per heavy atom. The van der Waals surface area contributed by atoms with Crippen molar-refractivity contribution in [3.8, 4) is 11.1 Å². The topological polar surface area (TPSA) is 40.5 Å². The fourth-order valence-corrected chi connectivity index (χ4v) is 1.68. The summed E-state index contributed by atoms with van der Waals surface area (Å²) in [4.78, 5) is 0. The van der Waals surface area contributed by atoms with E-state index >= 15 is 0 Å². The first kappa shape index (κ1) is 11.8. The molecule has 17 heavy (non-hydrogen) atoms. The van der Waals surface area contributed by atoms with Gasteiger partial charge in [0, 0.05) is 5.56 Å². The second kappa shape index (κ2) is 5.08. The van der Waals surface area contributed by atoms with E-state index in [-0.39, 0.29) is 19.0 Å². The molecule has 2 aromatic rings. The number of rotatable bonds is 3. The molecule has 0 aliphatic carbocycles. The van der Waals surface area contributed by atoms with Crippen LogP contribution in [0.1, 0.15) is 11.1 Å². The van der Waals surface area contributed by atoms with Gasteiger partial charge < -0.3 is 10.2 Å². The lowest BCUT2D eigenvalue weighted by atomic mass is 10.0. The first-order chi connectivity index (χ1) is 8.24. The fourth-order valence-electron chi connectivity index (χ4n) is 1.68. The van der Waals surface area contributed by atoms with E-state index in [9.17, 15) is 4.39 Å². The van der Waals surface area contributed by atoms with E-state index in [0.717, 1.165) is 11.1 Å². The Balaban J connectivity index is 2.38. The SMILES string of the molecule is OCc1ccc(-c2ccc(CO)cc2F)cc1. The smallest absolute Gasteiger partial charge is 0.131 e. The molecule has 2 N–H and O–H groups in total. The van der Waals surface area contributed by atoms with Crippen molar-refractivity contribution >= 4 is 0 Å². The van der Waals surface area contributed by atoms with E-state index in [0.29, 0.717) is 11.1 Å². The summed E-state index contributed by atoms with van der Waals surface area (Å²) >= 11 is 0. The minimum absolute atomic E-state index is 0.0216. The molecule has 2 aromatic carbocycles. The summed E-state index contributed by atoms with van der Waals surface area (Å²) in [5, 5.41) is 17.8. The van der Waals surface area contributed by atoms with Crippen LogP contribution < -0.4 is 0 Å². The lowest BCUT2D eigenvalue weighted by Gasteiger charge is -2.06. The van der Waals surface area contributed by atoms with Gasteiger partial charge in [0.15, 0.2) is 0 Å². The van der Waals surface area contributed by atoms with Crippen molar-refractivity contribution in [1.82, 2.24) is 0 Å². The van der Waals surface area contributed by atoms with Crippen LogP contribution in [0.3, 0.4) is 0 Å². The van der Waals surface area contributed by atoms with Gasteiger partial charge in [-0.3, -0.25) is 0 Å². The van der Waals surface area contributed by atoms with Crippen molar-refractivity contribution in [2.75, 3.05) is 0 Å². The van der Waals surface area contributed by atoms with Crippen molar-refractivity contribution in [2.24, 2.45) is 0 Å². The van der Waals surface area contributed by atoms with Crippen molar-refractivity contribution in [2.45, 2.75) is 13.2 Å². The predicted octanol–water partition coefficient (Wildman–Crippen LogP) is 2.48. The van der Waals surface area contributed by atoms with E-state index in [2.05, 4.69) is 0 Å². The van der Waals surface area contributed by atoms with Crippen LogP contribution in [0.25, 0.3) is 11.1 Å². The highest BCUT2D eigenvalue weighted by Crippen LogP contribution is 2.24. The molecular formula is C14H13FO2. The van der Waals surface area contributed by atoms with Gasteiger partial charge in [-0.1, -0.05) is 36.4 Å². The summed E-state index contributed by atoms with van der Waals surface area (Å²) in [6, 6.07) is 11.7. The van der Waals surface area contributed by atoms with Gasteiger partial charge in [-0.25, -0.2) is 4.39 Å². The molecule has 0 amide bonds. The van der Waals surface area contributed by atoms with Crippen LogP contribution in [0.2, 0.25) is 0 Å². The second-order valence-corrected chi connectivity index (χ2v) is 3.83. The van der Waals surface area contributed by atoms with Gasteiger partial charge in [0.2, 0.25) is 0 Å². The molecule has 88 valence electrons. The molecule has 0 aliphatic rings. The molecule has 0 aromatic heterocycles. The van der Waals surface area contributed by atoms with E-state index in [4.69, 9.17) is 10.2 Å². The van der Waals surface area contributed by atoms with E-state index in [1.807, 2.05) is 0 Å². The molecule has 0 heterocycles. The number of aliphatic hydroxyl groups excluding tert-OH is 2. The average Bonchev–Trinajstić information content (AvgIpc) is 2.39. The lowest BCUT2D eigenvalue weighted by Crippen LogP contribution is -1.90. The Kier molecular flexibility index (Phi) is 3.52. The van der Waals surface area contributed by atoms with Crippen LogP contribution in [-0.4, -0.2) is 10.2 Å². The highest BCUT2D eigenvalue weighted by Gasteiger charge is 2.05. The van der Waals surface area contributed by atoms with Gasteiger partial charge in [-0.2, -0.15) is 0 Å². The summed E-state index contributed by atoms with van der Waals surface area (Å²) < 4.78 is 13.7. The minimum atomic E-state index is -0.353. The zero-order valence-corrected chi connectivity index (χ0v) is 9.23. The van der Waals surface area contributed by atoms with E-state index < -0.39 is 0 Å². The number of halogens is 1. The molecule has 0 aliphatic heterocycles. The molecule has 0 unspecified atom stereocenters. The molecule has 3 heteroatoms. The summed E-state index contributed by atoms with van der Waals surface area (Å²) in [6.07, 6.45) is 0. The van der Waals surface area contributed by atoms with Crippen LogP contribution >= 0.6 is 0 Å². The molecular weight excluding hydrogens is 219 g/mol. The number of aliphatic hydroxyl groups is 2. The maximum atomic E-state index is 13.7. The van der Waals surface area contributed by atoms with Gasteiger partial charge in [-0.05, 0) is 22.8 Å². The molecule has 2 rings (SSSR count). The molecule has 0 saturated carbocycles. The maximum Gasteiger partial charge on any atom is 0.131 e. The van der Waals surface area contributed by atoms with Gasteiger partial charge in [0.25, 0.3) is 0 Å². The summed E-state index contributed by atoms with van der Waals surface area (Å²) in [5.41, 5.74) is 2.59. The summed E-state index contributed by atoms with van der Waals surface area (Å²) in [5.74, 6) is -0.353. The Labute approximate surface area is 99.0 Å². The van der Waals surface area contributed by atoms with Crippen LogP contribution in [0.15, 0.2) is 42.5 Å². The molecule has 0 radical (unpaired) electrons. The minimum Gasteiger partial charge on any atom is -0.392 e. The van der Waals surface area contributed by atoms with Crippen LogP contribution in [0.5, 0.6) is 0 Å². The van der Waals surface area contributed by atoms with Crippen LogP contribution in [-0.2, 0) is 13.2 Å². The van der Waals surface area contributed by atoms with Crippen molar-refractivity contribution in [1.29, 1.82) is 0 Å². The largest absolute Gasteiger partial charge is 0.392 e. The molecule has 0 saturated heterocycles. The standard InChI is InChI=1S/C14H13FO2/c15-14-7-11(9-17)3-6-13(14)12-4-1-10(8-16)2-5-12/h1-7,16-17H,8-9H2. The molecule has 0 bridgehead atoms. The summed E-state index contributed by atoms with van der Waals surface area (Å²) in [6.45, 7) is -0.188. The fraction of sp³-hybridized carbons (Fsp3) is 0.143. The Morgan fingerprint density at radius 3 is 1.94 bits per heavy atom. The lowest BCUT2D eigenvalue weighted by molar-refractivity contribution is 0.281. The number of hydrogen-bond donors (Lipinski definition) is 2. The zero-order chi connectivity index (χ0) is 12.3. The number of hydrogen-bond acceptors (Lipinski definition) is 2. The molecule has 0 fully saturated rings. The normalized spacial score (nSPS) is 10.5. The quantitative estimate of drug-likeness (QED) is 0.853. The van der Waals surface area contributed by atoms with Crippen molar-refractivity contribution in [3.63, 3.8) is 0 Å². The Hall–Kier alpha value is -1.71. The zero-order valence-electron chi connectivity index (χ0n) is 9.23. The van der Waals surface area contributed by atoms with E-state index in [1.165, 1.54) is 6.07 Å². The first-order valence-corrected chi connectivity index (χ1v) is 5.34. The van der Waals surface area contributed by atoms with Crippen LogP contribution in [0, 0.1) is 5.82 Å². The average molecular weight is 232 g/mol. The number of benzene rings is 2. The maximum absolute atomic E-state index is 13.7. The second-order valence-electron chi connectivity index (χ2n) is 3.83. The highest BCUT2D eigenvalue weighted by atomic mass is 19.1. The van der Waals surface area contributed by atoms with Crippen LogP contribution in [0.4, 0.5) is 4.39 Å². The third-order valence-corrected chi connectivity index (χ3v) is 2.66. The van der Waals surface area contributed by atoms with Gasteiger partial charge in [0.05, 0.1) is 13.2 Å².